The summed E-state index contributed by atoms with van der Waals surface area (Å²) in [4.78, 5) is 16.8. The number of imidazole rings is 1. The molecule has 8 heteroatoms. The van der Waals surface area contributed by atoms with Gasteiger partial charge in [-0.1, -0.05) is 5.16 Å². The van der Waals surface area contributed by atoms with E-state index >= 15 is 0 Å². The summed E-state index contributed by atoms with van der Waals surface area (Å²) >= 11 is 0. The fourth-order valence-corrected chi connectivity index (χ4v) is 2.95. The molecule has 0 atom stereocenters. The predicted molar refractivity (Wildman–Crippen MR) is 95.6 cm³/mol. The molecule has 8 nitrogen and oxygen atoms in total. The van der Waals surface area contributed by atoms with Gasteiger partial charge < -0.3 is 9.51 Å². The first-order chi connectivity index (χ1) is 12.6. The summed E-state index contributed by atoms with van der Waals surface area (Å²) in [7, 11) is 0. The molecule has 0 aliphatic carbocycles. The predicted octanol–water partition coefficient (Wildman–Crippen LogP) is 3.25. The summed E-state index contributed by atoms with van der Waals surface area (Å²) in [5, 5.41) is 8.52. The topological polar surface area (TPSA) is 97.8 Å². The van der Waals surface area contributed by atoms with E-state index in [0.29, 0.717) is 17.4 Å². The molecular formula is C18H15N7O. The number of H-pyrrole nitrogens is 1. The van der Waals surface area contributed by atoms with Crippen molar-refractivity contribution in [3.05, 3.63) is 47.5 Å². The number of hydrogen-bond acceptors (Lipinski definition) is 6. The molecule has 5 rings (SSSR count). The van der Waals surface area contributed by atoms with Crippen molar-refractivity contribution in [2.24, 2.45) is 0 Å². The second-order valence-corrected chi connectivity index (χ2v) is 6.31. The van der Waals surface area contributed by atoms with Crippen molar-refractivity contribution in [1.29, 1.82) is 0 Å². The normalized spacial score (nSPS) is 11.7. The molecule has 128 valence electrons. The van der Waals surface area contributed by atoms with Gasteiger partial charge in [0.1, 0.15) is 0 Å². The number of aromatic amines is 1. The maximum absolute atomic E-state index is 5.28. The zero-order chi connectivity index (χ0) is 17.8. The number of nitrogens with zero attached hydrogens (tertiary/aromatic N) is 6. The molecule has 1 N–H and O–H groups in total. The highest BCUT2D eigenvalue weighted by Gasteiger charge is 2.14. The standard InChI is InChI=1S/C18H15N7O/c1-9-6-15(26-24-9)17-20-13-5-4-12(7-14(13)21-17)16-22-18-11(3)19-8-10(2)25(18)23-16/h4-8H,1-3H3,(H,20,21). The Kier molecular flexibility index (Phi) is 2.96. The van der Waals surface area contributed by atoms with Crippen LogP contribution in [0.2, 0.25) is 0 Å². The zero-order valence-corrected chi connectivity index (χ0v) is 14.5. The Balaban J connectivity index is 1.63. The maximum Gasteiger partial charge on any atom is 0.202 e. The van der Waals surface area contributed by atoms with E-state index in [1.807, 2.05) is 49.6 Å². The highest BCUT2D eigenvalue weighted by molar-refractivity contribution is 5.83. The number of fused-ring (bicyclic) bond motifs is 2. The van der Waals surface area contributed by atoms with Crippen molar-refractivity contribution in [3.63, 3.8) is 0 Å². The van der Waals surface area contributed by atoms with Gasteiger partial charge in [-0.05, 0) is 39.0 Å². The monoisotopic (exact) mass is 345 g/mol. The molecule has 0 aliphatic heterocycles. The van der Waals surface area contributed by atoms with Gasteiger partial charge in [0.15, 0.2) is 17.3 Å². The largest absolute Gasteiger partial charge is 0.353 e. The van der Waals surface area contributed by atoms with E-state index in [9.17, 15) is 0 Å². The average molecular weight is 345 g/mol. The Labute approximate surface area is 147 Å². The first-order valence-corrected chi connectivity index (χ1v) is 8.21. The van der Waals surface area contributed by atoms with E-state index in [1.165, 1.54) is 0 Å². The summed E-state index contributed by atoms with van der Waals surface area (Å²) in [6, 6.07) is 7.75. The van der Waals surface area contributed by atoms with E-state index in [0.717, 1.165) is 39.3 Å². The third-order valence-corrected chi connectivity index (χ3v) is 4.31. The van der Waals surface area contributed by atoms with Crippen LogP contribution in [0.3, 0.4) is 0 Å². The van der Waals surface area contributed by atoms with Crippen LogP contribution in [-0.4, -0.2) is 34.7 Å². The van der Waals surface area contributed by atoms with Gasteiger partial charge in [0.2, 0.25) is 5.76 Å². The minimum absolute atomic E-state index is 0.614. The molecular weight excluding hydrogens is 330 g/mol. The number of hydrogen-bond donors (Lipinski definition) is 1. The fraction of sp³-hybridized carbons (Fsp3) is 0.167. The van der Waals surface area contributed by atoms with E-state index in [1.54, 1.807) is 6.20 Å². The SMILES string of the molecule is Cc1cc(-c2nc3cc(-c4nc5c(C)ncc(C)n5n4)ccc3[nH]2)on1. The Bertz CT molecular complexity index is 1240. The van der Waals surface area contributed by atoms with Crippen molar-refractivity contribution in [3.8, 4) is 23.0 Å². The molecule has 4 heterocycles. The van der Waals surface area contributed by atoms with Crippen LogP contribution in [0, 0.1) is 20.8 Å². The van der Waals surface area contributed by atoms with Gasteiger partial charge in [-0.3, -0.25) is 4.98 Å². The molecule has 26 heavy (non-hydrogen) atoms. The number of rotatable bonds is 2. The number of benzene rings is 1. The summed E-state index contributed by atoms with van der Waals surface area (Å²) in [6.45, 7) is 5.76. The average Bonchev–Trinajstić information content (AvgIpc) is 3.34. The van der Waals surface area contributed by atoms with Crippen LogP contribution in [0.4, 0.5) is 0 Å². The summed E-state index contributed by atoms with van der Waals surface area (Å²) in [5.74, 6) is 1.91. The second-order valence-electron chi connectivity index (χ2n) is 6.31. The van der Waals surface area contributed by atoms with Crippen molar-refractivity contribution in [2.75, 3.05) is 0 Å². The maximum atomic E-state index is 5.28. The van der Waals surface area contributed by atoms with Gasteiger partial charge in [0.25, 0.3) is 0 Å². The minimum Gasteiger partial charge on any atom is -0.353 e. The Morgan fingerprint density at radius 2 is 1.96 bits per heavy atom. The third kappa shape index (κ3) is 2.19. The number of aryl methyl sites for hydroxylation is 3. The lowest BCUT2D eigenvalue weighted by Crippen LogP contribution is -1.97. The van der Waals surface area contributed by atoms with E-state index in [4.69, 9.17) is 4.52 Å². The van der Waals surface area contributed by atoms with Crippen molar-refractivity contribution >= 4 is 16.7 Å². The molecule has 0 aliphatic rings. The molecule has 0 saturated carbocycles. The van der Waals surface area contributed by atoms with Crippen LogP contribution < -0.4 is 0 Å². The molecule has 0 radical (unpaired) electrons. The zero-order valence-electron chi connectivity index (χ0n) is 14.5. The quantitative estimate of drug-likeness (QED) is 0.527. The molecule has 0 saturated heterocycles. The Morgan fingerprint density at radius 1 is 1.08 bits per heavy atom. The lowest BCUT2D eigenvalue weighted by molar-refractivity contribution is 0.425. The van der Waals surface area contributed by atoms with Crippen LogP contribution in [0.5, 0.6) is 0 Å². The summed E-state index contributed by atoms with van der Waals surface area (Å²) in [5.41, 5.74) is 5.99. The van der Waals surface area contributed by atoms with Crippen LogP contribution in [0.1, 0.15) is 17.1 Å². The van der Waals surface area contributed by atoms with Gasteiger partial charge in [-0.2, -0.15) is 0 Å². The van der Waals surface area contributed by atoms with Gasteiger partial charge >= 0.3 is 0 Å². The lowest BCUT2D eigenvalue weighted by Gasteiger charge is -1.97. The lowest BCUT2D eigenvalue weighted by atomic mass is 10.2. The molecule has 4 aromatic heterocycles. The molecule has 0 spiro atoms. The first kappa shape index (κ1) is 14.8. The molecule has 0 unspecified atom stereocenters. The van der Waals surface area contributed by atoms with Crippen LogP contribution in [0.25, 0.3) is 39.7 Å². The number of aromatic nitrogens is 7. The van der Waals surface area contributed by atoms with Crippen LogP contribution in [-0.2, 0) is 0 Å². The van der Waals surface area contributed by atoms with E-state index in [-0.39, 0.29) is 0 Å². The second kappa shape index (κ2) is 5.22. The van der Waals surface area contributed by atoms with Crippen LogP contribution >= 0.6 is 0 Å². The molecule has 0 amide bonds. The fourth-order valence-electron chi connectivity index (χ4n) is 2.95. The van der Waals surface area contributed by atoms with Crippen molar-refractivity contribution < 1.29 is 4.52 Å². The van der Waals surface area contributed by atoms with E-state index in [2.05, 4.69) is 30.2 Å². The highest BCUT2D eigenvalue weighted by atomic mass is 16.5. The highest BCUT2D eigenvalue weighted by Crippen LogP contribution is 2.25. The van der Waals surface area contributed by atoms with Gasteiger partial charge in [-0.15, -0.1) is 5.10 Å². The Morgan fingerprint density at radius 3 is 2.73 bits per heavy atom. The van der Waals surface area contributed by atoms with Crippen molar-refractivity contribution in [2.45, 2.75) is 20.8 Å². The first-order valence-electron chi connectivity index (χ1n) is 8.21. The van der Waals surface area contributed by atoms with E-state index < -0.39 is 0 Å². The van der Waals surface area contributed by atoms with Crippen molar-refractivity contribution in [1.82, 2.24) is 34.7 Å². The molecule has 0 fully saturated rings. The molecule has 0 bridgehead atoms. The minimum atomic E-state index is 0.614. The summed E-state index contributed by atoms with van der Waals surface area (Å²) in [6.07, 6.45) is 1.80. The van der Waals surface area contributed by atoms with Crippen LogP contribution in [0.15, 0.2) is 35.0 Å². The number of nitrogens with one attached hydrogen (secondary N) is 1. The van der Waals surface area contributed by atoms with Gasteiger partial charge in [0, 0.05) is 17.8 Å². The smallest absolute Gasteiger partial charge is 0.202 e. The molecule has 5 aromatic rings. The third-order valence-electron chi connectivity index (χ3n) is 4.31. The van der Waals surface area contributed by atoms with Gasteiger partial charge in [0.05, 0.1) is 28.1 Å². The summed E-state index contributed by atoms with van der Waals surface area (Å²) < 4.78 is 7.10. The Hall–Kier alpha value is -3.55. The molecule has 1 aromatic carbocycles. The van der Waals surface area contributed by atoms with Gasteiger partial charge in [-0.25, -0.2) is 14.5 Å².